The van der Waals surface area contributed by atoms with Gasteiger partial charge in [-0.15, -0.1) is 0 Å². The lowest BCUT2D eigenvalue weighted by Gasteiger charge is -2.19. The number of rotatable bonds is 6. The fourth-order valence-corrected chi connectivity index (χ4v) is 3.02. The normalized spacial score (nSPS) is 22.6. The van der Waals surface area contributed by atoms with Crippen LogP contribution in [0.4, 0.5) is 0 Å². The van der Waals surface area contributed by atoms with Gasteiger partial charge in [0.05, 0.1) is 5.92 Å². The number of hydrogen-bond acceptors (Lipinski definition) is 2. The van der Waals surface area contributed by atoms with Crippen LogP contribution in [-0.4, -0.2) is 36.3 Å². The van der Waals surface area contributed by atoms with Gasteiger partial charge in [-0.3, -0.25) is 9.59 Å². The first-order chi connectivity index (χ1) is 10.1. The molecule has 1 heterocycles. The lowest BCUT2D eigenvalue weighted by molar-refractivity contribution is -0.129. The van der Waals surface area contributed by atoms with Gasteiger partial charge in [0.25, 0.3) is 0 Å². The minimum absolute atomic E-state index is 0.0384. The van der Waals surface area contributed by atoms with Gasteiger partial charge in [-0.1, -0.05) is 25.5 Å². The number of carbonyl (C=O) groups is 2. The highest BCUT2D eigenvalue weighted by Gasteiger charge is 2.33. The molecule has 4 heteroatoms. The van der Waals surface area contributed by atoms with Crippen molar-refractivity contribution >= 4 is 11.8 Å². The molecular formula is C17H28N2O2. The second-order valence-corrected chi connectivity index (χ2v) is 6.74. The van der Waals surface area contributed by atoms with Crippen LogP contribution >= 0.6 is 0 Å². The van der Waals surface area contributed by atoms with E-state index in [4.69, 9.17) is 0 Å². The van der Waals surface area contributed by atoms with Crippen LogP contribution in [0.15, 0.2) is 11.6 Å². The van der Waals surface area contributed by atoms with Crippen molar-refractivity contribution in [2.24, 2.45) is 11.8 Å². The molecule has 1 N–H and O–H groups in total. The van der Waals surface area contributed by atoms with E-state index in [9.17, 15) is 9.59 Å². The van der Waals surface area contributed by atoms with E-state index in [0.29, 0.717) is 25.4 Å². The summed E-state index contributed by atoms with van der Waals surface area (Å²) < 4.78 is 0. The average molecular weight is 292 g/mol. The van der Waals surface area contributed by atoms with E-state index in [0.717, 1.165) is 13.0 Å². The maximum absolute atomic E-state index is 12.0. The molecule has 0 spiro atoms. The summed E-state index contributed by atoms with van der Waals surface area (Å²) in [6.45, 7) is 6.21. The Bertz CT molecular complexity index is 415. The fraction of sp³-hybridized carbons (Fsp3) is 0.765. The van der Waals surface area contributed by atoms with Crippen LogP contribution in [0.2, 0.25) is 0 Å². The number of likely N-dealkylation sites (tertiary alicyclic amines) is 1. The number of carbonyl (C=O) groups excluding carboxylic acids is 2. The van der Waals surface area contributed by atoms with E-state index in [1.807, 2.05) is 4.90 Å². The highest BCUT2D eigenvalue weighted by atomic mass is 16.2. The predicted octanol–water partition coefficient (Wildman–Crippen LogP) is 2.50. The SMILES string of the molecule is CC(C)CNC(=O)C1CC(=O)N(CCC2=CCCCC2)C1. The molecular weight excluding hydrogens is 264 g/mol. The van der Waals surface area contributed by atoms with Crippen molar-refractivity contribution in [3.63, 3.8) is 0 Å². The summed E-state index contributed by atoms with van der Waals surface area (Å²) >= 11 is 0. The van der Waals surface area contributed by atoms with Crippen molar-refractivity contribution in [1.82, 2.24) is 10.2 Å². The van der Waals surface area contributed by atoms with Gasteiger partial charge in [-0.2, -0.15) is 0 Å². The molecule has 1 fully saturated rings. The standard InChI is InChI=1S/C17H28N2O2/c1-13(2)11-18-17(21)15-10-16(20)19(12-15)9-8-14-6-4-3-5-7-14/h6,13,15H,3-5,7-12H2,1-2H3,(H,18,21). The summed E-state index contributed by atoms with van der Waals surface area (Å²) in [6.07, 6.45) is 8.63. The Labute approximate surface area is 128 Å². The van der Waals surface area contributed by atoms with Gasteiger partial charge in [-0.05, 0) is 38.0 Å². The first kappa shape index (κ1) is 16.1. The Kier molecular flexibility index (Phi) is 5.83. The smallest absolute Gasteiger partial charge is 0.225 e. The predicted molar refractivity (Wildman–Crippen MR) is 83.7 cm³/mol. The molecule has 2 rings (SSSR count). The molecule has 0 saturated carbocycles. The first-order valence-corrected chi connectivity index (χ1v) is 8.29. The van der Waals surface area contributed by atoms with Crippen LogP contribution in [0, 0.1) is 11.8 Å². The van der Waals surface area contributed by atoms with E-state index < -0.39 is 0 Å². The van der Waals surface area contributed by atoms with Gasteiger partial charge in [0.1, 0.15) is 0 Å². The van der Waals surface area contributed by atoms with E-state index in [-0.39, 0.29) is 17.7 Å². The Morgan fingerprint density at radius 2 is 2.24 bits per heavy atom. The molecule has 1 unspecified atom stereocenters. The largest absolute Gasteiger partial charge is 0.356 e. The van der Waals surface area contributed by atoms with Gasteiger partial charge in [-0.25, -0.2) is 0 Å². The summed E-state index contributed by atoms with van der Waals surface area (Å²) in [6, 6.07) is 0. The number of amides is 2. The number of allylic oxidation sites excluding steroid dienone is 1. The molecule has 2 aliphatic rings. The third kappa shape index (κ3) is 4.87. The minimum atomic E-state index is -0.156. The quantitative estimate of drug-likeness (QED) is 0.765. The third-order valence-corrected chi connectivity index (χ3v) is 4.36. The van der Waals surface area contributed by atoms with E-state index >= 15 is 0 Å². The van der Waals surface area contributed by atoms with E-state index in [2.05, 4.69) is 25.2 Å². The van der Waals surface area contributed by atoms with E-state index in [1.165, 1.54) is 31.3 Å². The van der Waals surface area contributed by atoms with Crippen LogP contribution in [0.1, 0.15) is 52.4 Å². The molecule has 0 aromatic rings. The molecule has 1 aliphatic heterocycles. The Balaban J connectivity index is 1.76. The summed E-state index contributed by atoms with van der Waals surface area (Å²) in [5.41, 5.74) is 1.49. The number of hydrogen-bond donors (Lipinski definition) is 1. The molecule has 1 aliphatic carbocycles. The molecule has 0 radical (unpaired) electrons. The van der Waals surface area contributed by atoms with Crippen molar-refractivity contribution in [2.75, 3.05) is 19.6 Å². The summed E-state index contributed by atoms with van der Waals surface area (Å²) in [4.78, 5) is 25.9. The number of nitrogens with one attached hydrogen (secondary N) is 1. The Morgan fingerprint density at radius 3 is 2.90 bits per heavy atom. The zero-order valence-electron chi connectivity index (χ0n) is 13.4. The maximum Gasteiger partial charge on any atom is 0.225 e. The van der Waals surface area contributed by atoms with Crippen LogP contribution in [0.3, 0.4) is 0 Å². The van der Waals surface area contributed by atoms with Gasteiger partial charge in [0.2, 0.25) is 11.8 Å². The van der Waals surface area contributed by atoms with Crippen molar-refractivity contribution < 1.29 is 9.59 Å². The molecule has 0 aromatic heterocycles. The zero-order chi connectivity index (χ0) is 15.2. The maximum atomic E-state index is 12.0. The topological polar surface area (TPSA) is 49.4 Å². The monoisotopic (exact) mass is 292 g/mol. The molecule has 118 valence electrons. The van der Waals surface area contributed by atoms with Crippen molar-refractivity contribution in [3.05, 3.63) is 11.6 Å². The molecule has 21 heavy (non-hydrogen) atoms. The fourth-order valence-electron chi connectivity index (χ4n) is 3.02. The second kappa shape index (κ2) is 7.62. The first-order valence-electron chi connectivity index (χ1n) is 8.29. The second-order valence-electron chi connectivity index (χ2n) is 6.74. The van der Waals surface area contributed by atoms with Crippen LogP contribution in [0.25, 0.3) is 0 Å². The van der Waals surface area contributed by atoms with Crippen molar-refractivity contribution in [1.29, 1.82) is 0 Å². The van der Waals surface area contributed by atoms with Crippen LogP contribution in [0.5, 0.6) is 0 Å². The molecule has 0 aromatic carbocycles. The number of nitrogens with zero attached hydrogens (tertiary/aromatic N) is 1. The van der Waals surface area contributed by atoms with E-state index in [1.54, 1.807) is 0 Å². The Hall–Kier alpha value is -1.32. The van der Waals surface area contributed by atoms with Gasteiger partial charge >= 0.3 is 0 Å². The summed E-state index contributed by atoms with van der Waals surface area (Å²) in [5, 5.41) is 2.94. The average Bonchev–Trinajstić information content (AvgIpc) is 2.85. The molecule has 1 saturated heterocycles. The van der Waals surface area contributed by atoms with Crippen molar-refractivity contribution in [2.45, 2.75) is 52.4 Å². The highest BCUT2D eigenvalue weighted by Crippen LogP contribution is 2.23. The van der Waals surface area contributed by atoms with Crippen LogP contribution in [-0.2, 0) is 9.59 Å². The Morgan fingerprint density at radius 1 is 1.43 bits per heavy atom. The molecule has 4 nitrogen and oxygen atoms in total. The third-order valence-electron chi connectivity index (χ3n) is 4.36. The lowest BCUT2D eigenvalue weighted by atomic mass is 9.97. The van der Waals surface area contributed by atoms with Gasteiger partial charge in [0.15, 0.2) is 0 Å². The molecule has 2 amide bonds. The molecule has 1 atom stereocenters. The van der Waals surface area contributed by atoms with Gasteiger partial charge < -0.3 is 10.2 Å². The lowest BCUT2D eigenvalue weighted by Crippen LogP contribution is -2.35. The minimum Gasteiger partial charge on any atom is -0.356 e. The van der Waals surface area contributed by atoms with Crippen molar-refractivity contribution in [3.8, 4) is 0 Å². The van der Waals surface area contributed by atoms with Gasteiger partial charge in [0, 0.05) is 26.1 Å². The highest BCUT2D eigenvalue weighted by molar-refractivity contribution is 5.89. The van der Waals surface area contributed by atoms with Crippen LogP contribution < -0.4 is 5.32 Å². The zero-order valence-corrected chi connectivity index (χ0v) is 13.4. The summed E-state index contributed by atoms with van der Waals surface area (Å²) in [7, 11) is 0. The molecule has 0 bridgehead atoms. The summed E-state index contributed by atoms with van der Waals surface area (Å²) in [5.74, 6) is 0.463.